The Morgan fingerprint density at radius 3 is 1.61 bits per heavy atom. The summed E-state index contributed by atoms with van der Waals surface area (Å²) in [7, 11) is 0. The zero-order chi connectivity index (χ0) is 21.4. The topological polar surface area (TPSA) is 95.5 Å². The molecule has 0 atom stereocenters. The highest BCUT2D eigenvalue weighted by Gasteiger charge is 2.25. The van der Waals surface area contributed by atoms with E-state index in [-0.39, 0.29) is 17.4 Å². The number of hydrogen-bond donors (Lipinski definition) is 3. The number of amides is 2. The predicted octanol–water partition coefficient (Wildman–Crippen LogP) is 5.45. The normalized spacial score (nSPS) is 9.61. The van der Waals surface area contributed by atoms with E-state index in [0.717, 1.165) is 0 Å². The third-order valence-electron chi connectivity index (χ3n) is 3.17. The molecule has 0 unspecified atom stereocenters. The summed E-state index contributed by atoms with van der Waals surface area (Å²) in [5, 5.41) is 14.5. The van der Waals surface area contributed by atoms with Crippen LogP contribution in [0, 0.1) is 10.7 Å². The molecule has 0 aliphatic rings. The van der Waals surface area contributed by atoms with Crippen molar-refractivity contribution in [2.24, 2.45) is 0 Å². The number of anilines is 2. The van der Waals surface area contributed by atoms with Crippen molar-refractivity contribution < 1.29 is 19.5 Å². The zero-order valence-corrected chi connectivity index (χ0v) is 21.4. The number of carboxylic acids is 1. The minimum absolute atomic E-state index is 0.0547. The minimum Gasteiger partial charge on any atom is -0.478 e. The first kappa shape index (κ1) is 24.8. The van der Waals surface area contributed by atoms with Gasteiger partial charge >= 0.3 is 5.97 Å². The predicted molar refractivity (Wildman–Crippen MR) is 137 cm³/mol. The van der Waals surface area contributed by atoms with Gasteiger partial charge in [-0.2, -0.15) is 0 Å². The second-order valence-corrected chi connectivity index (χ2v) is 8.59. The van der Waals surface area contributed by atoms with Crippen molar-refractivity contribution in [1.82, 2.24) is 0 Å². The number of nitrogens with one attached hydrogen (secondary N) is 2. The van der Waals surface area contributed by atoms with E-state index in [2.05, 4.69) is 17.2 Å². The monoisotopic (exact) mass is 718 g/mol. The van der Waals surface area contributed by atoms with E-state index in [1.54, 1.807) is 0 Å². The molecule has 148 valence electrons. The molecule has 0 saturated heterocycles. The highest BCUT2D eigenvalue weighted by molar-refractivity contribution is 14.1. The van der Waals surface area contributed by atoms with Gasteiger partial charge in [0.1, 0.15) is 0 Å². The molecule has 0 radical (unpaired) electrons. The van der Waals surface area contributed by atoms with E-state index < -0.39 is 5.97 Å². The first-order valence-corrected chi connectivity index (χ1v) is 11.0. The SMILES string of the molecule is C=Cc1ccccc1.CC(=O)Nc1c(I)c(NC(C)=O)c(I)c(C(=O)O)c1I. The molecule has 0 heterocycles. The number of aromatic carboxylic acids is 1. The second-order valence-electron chi connectivity index (χ2n) is 5.35. The fraction of sp³-hybridized carbons (Fsp3) is 0.105. The number of rotatable bonds is 4. The van der Waals surface area contributed by atoms with Crippen molar-refractivity contribution in [3.8, 4) is 0 Å². The quantitative estimate of drug-likeness (QED) is 0.367. The van der Waals surface area contributed by atoms with Crippen LogP contribution in [-0.4, -0.2) is 22.9 Å². The number of hydrogen-bond acceptors (Lipinski definition) is 3. The Morgan fingerprint density at radius 2 is 1.32 bits per heavy atom. The number of halogens is 3. The molecule has 3 N–H and O–H groups in total. The molecule has 0 aromatic heterocycles. The summed E-state index contributed by atoms with van der Waals surface area (Å²) < 4.78 is 1.44. The van der Waals surface area contributed by atoms with Crippen molar-refractivity contribution in [1.29, 1.82) is 0 Å². The van der Waals surface area contributed by atoms with Crippen LogP contribution in [0.1, 0.15) is 29.8 Å². The summed E-state index contributed by atoms with van der Waals surface area (Å²) in [6.45, 7) is 6.30. The number of carboxylic acid groups (broad SMARTS) is 1. The van der Waals surface area contributed by atoms with Crippen LogP contribution < -0.4 is 10.6 Å². The molecule has 2 aromatic carbocycles. The van der Waals surface area contributed by atoms with Gasteiger partial charge in [-0.1, -0.05) is 43.0 Å². The molecule has 2 aromatic rings. The molecular formula is C19H17I3N2O4. The summed E-state index contributed by atoms with van der Waals surface area (Å²) in [5.41, 5.74) is 2.01. The van der Waals surface area contributed by atoms with Crippen molar-refractivity contribution in [3.05, 3.63) is 58.7 Å². The maximum atomic E-state index is 11.4. The summed E-state index contributed by atoms with van der Waals surface area (Å²) in [6, 6.07) is 10.0. The van der Waals surface area contributed by atoms with E-state index in [1.807, 2.05) is 104 Å². The van der Waals surface area contributed by atoms with Crippen molar-refractivity contribution in [3.63, 3.8) is 0 Å². The van der Waals surface area contributed by atoms with E-state index in [9.17, 15) is 19.5 Å². The van der Waals surface area contributed by atoms with Gasteiger partial charge in [-0.25, -0.2) is 4.79 Å². The molecule has 2 amide bonds. The second kappa shape index (κ2) is 11.7. The molecule has 9 heteroatoms. The van der Waals surface area contributed by atoms with Crippen molar-refractivity contribution in [2.75, 3.05) is 10.6 Å². The van der Waals surface area contributed by atoms with Gasteiger partial charge in [0, 0.05) is 13.8 Å². The molecule has 0 bridgehead atoms. The Bertz CT molecular complexity index is 872. The molecule has 28 heavy (non-hydrogen) atoms. The van der Waals surface area contributed by atoms with E-state index in [4.69, 9.17) is 0 Å². The Hall–Kier alpha value is -1.22. The van der Waals surface area contributed by atoms with Gasteiger partial charge in [0.25, 0.3) is 0 Å². The summed E-state index contributed by atoms with van der Waals surface area (Å²) in [6.07, 6.45) is 1.83. The average molecular weight is 718 g/mol. The number of benzene rings is 2. The molecule has 0 aliphatic heterocycles. The lowest BCUT2D eigenvalue weighted by Crippen LogP contribution is -2.17. The van der Waals surface area contributed by atoms with Gasteiger partial charge in [0.15, 0.2) is 0 Å². The maximum absolute atomic E-state index is 11.4. The largest absolute Gasteiger partial charge is 0.478 e. The van der Waals surface area contributed by atoms with Gasteiger partial charge < -0.3 is 15.7 Å². The van der Waals surface area contributed by atoms with Crippen LogP contribution in [0.3, 0.4) is 0 Å². The standard InChI is InChI=1S/C11H9I3N2O4.C8H8/c1-3(17)15-9-6(12)5(11(19)20)7(13)10(8(9)14)16-4(2)18;1-2-8-6-4-3-5-7-8/h1-2H3,(H,15,17)(H,16,18)(H,19,20);2-7H,1H2. The van der Waals surface area contributed by atoms with Gasteiger partial charge in [-0.3, -0.25) is 9.59 Å². The van der Waals surface area contributed by atoms with Crippen LogP contribution in [0.4, 0.5) is 11.4 Å². The lowest BCUT2D eigenvalue weighted by atomic mass is 10.1. The molecule has 0 saturated carbocycles. The van der Waals surface area contributed by atoms with Gasteiger partial charge in [-0.15, -0.1) is 0 Å². The number of carbonyl (C=O) groups excluding carboxylic acids is 2. The Balaban J connectivity index is 0.000000406. The summed E-state index contributed by atoms with van der Waals surface area (Å²) >= 11 is 5.71. The molecule has 0 aliphatic carbocycles. The molecule has 2 rings (SSSR count). The van der Waals surface area contributed by atoms with E-state index in [1.165, 1.54) is 19.4 Å². The molecular weight excluding hydrogens is 701 g/mol. The van der Waals surface area contributed by atoms with Crippen molar-refractivity contribution >= 4 is 103 Å². The van der Waals surface area contributed by atoms with Crippen LogP contribution >= 0.6 is 67.8 Å². The van der Waals surface area contributed by atoms with Crippen LogP contribution in [0.5, 0.6) is 0 Å². The van der Waals surface area contributed by atoms with Crippen LogP contribution in [-0.2, 0) is 9.59 Å². The fourth-order valence-corrected chi connectivity index (χ4v) is 6.18. The van der Waals surface area contributed by atoms with Gasteiger partial charge in [0.2, 0.25) is 11.8 Å². The van der Waals surface area contributed by atoms with Crippen LogP contribution in [0.25, 0.3) is 6.08 Å². The highest BCUT2D eigenvalue weighted by Crippen LogP contribution is 2.38. The first-order chi connectivity index (χ1) is 13.1. The van der Waals surface area contributed by atoms with Gasteiger partial charge in [-0.05, 0) is 73.3 Å². The Morgan fingerprint density at radius 1 is 0.893 bits per heavy atom. The number of carbonyl (C=O) groups is 3. The third-order valence-corrected chi connectivity index (χ3v) is 6.40. The molecule has 0 spiro atoms. The third kappa shape index (κ3) is 6.99. The average Bonchev–Trinajstić information content (AvgIpc) is 2.63. The highest BCUT2D eigenvalue weighted by atomic mass is 127. The summed E-state index contributed by atoms with van der Waals surface area (Å²) in [5.74, 6) is -1.74. The van der Waals surface area contributed by atoms with Crippen LogP contribution in [0.2, 0.25) is 0 Å². The first-order valence-electron chi connectivity index (χ1n) is 7.76. The lowest BCUT2D eigenvalue weighted by Gasteiger charge is -2.17. The van der Waals surface area contributed by atoms with E-state index in [0.29, 0.717) is 22.1 Å². The Kier molecular flexibility index (Phi) is 10.4. The minimum atomic E-state index is -1.12. The molecule has 6 nitrogen and oxygen atoms in total. The maximum Gasteiger partial charge on any atom is 0.338 e. The Labute approximate surface area is 204 Å². The smallest absolute Gasteiger partial charge is 0.338 e. The lowest BCUT2D eigenvalue weighted by molar-refractivity contribution is -0.115. The molecule has 0 fully saturated rings. The van der Waals surface area contributed by atoms with E-state index >= 15 is 0 Å². The van der Waals surface area contributed by atoms with Gasteiger partial charge in [0.05, 0.1) is 27.6 Å². The summed E-state index contributed by atoms with van der Waals surface area (Å²) in [4.78, 5) is 33.9. The zero-order valence-electron chi connectivity index (χ0n) is 15.0. The van der Waals surface area contributed by atoms with Crippen molar-refractivity contribution in [2.45, 2.75) is 13.8 Å². The van der Waals surface area contributed by atoms with Crippen LogP contribution in [0.15, 0.2) is 36.9 Å². The fourth-order valence-electron chi connectivity index (χ4n) is 2.01.